The summed E-state index contributed by atoms with van der Waals surface area (Å²) in [4.78, 5) is 15.3. The minimum absolute atomic E-state index is 0.0959. The molecule has 0 spiro atoms. The van der Waals surface area contributed by atoms with Gasteiger partial charge in [0.2, 0.25) is 5.82 Å². The van der Waals surface area contributed by atoms with Crippen LogP contribution in [0.15, 0.2) is 40.4 Å². The van der Waals surface area contributed by atoms with Gasteiger partial charge in [0.15, 0.2) is 0 Å². The lowest BCUT2D eigenvalue weighted by Crippen LogP contribution is -1.98. The minimum Gasteiger partial charge on any atom is -0.481 e. The third-order valence-electron chi connectivity index (χ3n) is 5.09. The molecule has 6 heteroatoms. The summed E-state index contributed by atoms with van der Waals surface area (Å²) in [6.45, 7) is 3.99. The maximum absolute atomic E-state index is 10.8. The third kappa shape index (κ3) is 3.67. The number of hydrogen-bond donors (Lipinski definition) is 1. The molecule has 144 valence electrons. The van der Waals surface area contributed by atoms with Crippen LogP contribution >= 0.6 is 0 Å². The van der Waals surface area contributed by atoms with Crippen molar-refractivity contribution in [2.24, 2.45) is 0 Å². The number of nitriles is 1. The molecule has 0 bridgehead atoms. The second-order valence-electron chi connectivity index (χ2n) is 7.34. The van der Waals surface area contributed by atoms with Crippen LogP contribution in [0.1, 0.15) is 41.2 Å². The van der Waals surface area contributed by atoms with Crippen LogP contribution < -0.4 is 0 Å². The lowest BCUT2D eigenvalue weighted by Gasteiger charge is -2.05. The molecular weight excluding hydrogens is 366 g/mol. The first-order valence-corrected chi connectivity index (χ1v) is 9.34. The molecule has 2 aromatic carbocycles. The Morgan fingerprint density at radius 3 is 2.83 bits per heavy atom. The number of carboxylic acid groups (broad SMARTS) is 1. The van der Waals surface area contributed by atoms with Crippen LogP contribution in [-0.4, -0.2) is 21.2 Å². The van der Waals surface area contributed by atoms with Crippen molar-refractivity contribution in [2.45, 2.75) is 33.1 Å². The third-order valence-corrected chi connectivity index (χ3v) is 5.09. The Kier molecular flexibility index (Phi) is 4.73. The number of benzene rings is 2. The van der Waals surface area contributed by atoms with E-state index in [4.69, 9.17) is 9.63 Å². The number of fused-ring (bicyclic) bond motifs is 1. The SMILES string of the molecule is CC1=Cc2cc(-c3nc(-c4ccc(CCC(=O)O)cc4C)no3)cc(C#N)c2C1. The van der Waals surface area contributed by atoms with E-state index >= 15 is 0 Å². The van der Waals surface area contributed by atoms with E-state index in [0.29, 0.717) is 23.7 Å². The fourth-order valence-corrected chi connectivity index (χ4v) is 3.67. The molecule has 4 rings (SSSR count). The summed E-state index contributed by atoms with van der Waals surface area (Å²) in [6.07, 6.45) is 3.45. The fraction of sp³-hybridized carbons (Fsp3) is 0.217. The first kappa shape index (κ1) is 18.6. The van der Waals surface area contributed by atoms with Gasteiger partial charge in [0, 0.05) is 17.5 Å². The molecule has 0 fully saturated rings. The molecule has 0 saturated carbocycles. The number of hydrogen-bond acceptors (Lipinski definition) is 5. The van der Waals surface area contributed by atoms with Gasteiger partial charge in [-0.3, -0.25) is 4.79 Å². The Labute approximate surface area is 168 Å². The number of aromatic nitrogens is 2. The number of aryl methyl sites for hydroxylation is 2. The molecule has 1 aliphatic carbocycles. The molecular formula is C23H19N3O3. The summed E-state index contributed by atoms with van der Waals surface area (Å²) < 4.78 is 5.49. The highest BCUT2D eigenvalue weighted by molar-refractivity contribution is 5.73. The number of rotatable bonds is 5. The van der Waals surface area contributed by atoms with Crippen molar-refractivity contribution in [1.29, 1.82) is 5.26 Å². The quantitative estimate of drug-likeness (QED) is 0.691. The summed E-state index contributed by atoms with van der Waals surface area (Å²) >= 11 is 0. The smallest absolute Gasteiger partial charge is 0.303 e. The van der Waals surface area contributed by atoms with Gasteiger partial charge in [0.05, 0.1) is 11.6 Å². The zero-order valence-electron chi connectivity index (χ0n) is 16.2. The Morgan fingerprint density at radius 1 is 1.28 bits per heavy atom. The van der Waals surface area contributed by atoms with Gasteiger partial charge < -0.3 is 9.63 Å². The summed E-state index contributed by atoms with van der Waals surface area (Å²) in [5.74, 6) is 0.0188. The molecule has 3 aromatic rings. The van der Waals surface area contributed by atoms with Crippen molar-refractivity contribution < 1.29 is 14.4 Å². The van der Waals surface area contributed by atoms with E-state index in [0.717, 1.165) is 39.8 Å². The van der Waals surface area contributed by atoms with E-state index in [1.807, 2.05) is 31.2 Å². The van der Waals surface area contributed by atoms with Gasteiger partial charge in [-0.1, -0.05) is 35.0 Å². The van der Waals surface area contributed by atoms with Crippen LogP contribution in [0.5, 0.6) is 0 Å². The number of nitrogens with zero attached hydrogens (tertiary/aromatic N) is 3. The van der Waals surface area contributed by atoms with Crippen molar-refractivity contribution >= 4 is 12.0 Å². The maximum Gasteiger partial charge on any atom is 0.303 e. The number of allylic oxidation sites excluding steroid dienone is 1. The minimum atomic E-state index is -0.814. The Morgan fingerprint density at radius 2 is 2.10 bits per heavy atom. The van der Waals surface area contributed by atoms with E-state index in [-0.39, 0.29) is 6.42 Å². The van der Waals surface area contributed by atoms with Crippen LogP contribution in [0.25, 0.3) is 28.9 Å². The molecule has 6 nitrogen and oxygen atoms in total. The zero-order valence-corrected chi connectivity index (χ0v) is 16.2. The first-order chi connectivity index (χ1) is 13.9. The first-order valence-electron chi connectivity index (χ1n) is 9.34. The van der Waals surface area contributed by atoms with Crippen molar-refractivity contribution in [1.82, 2.24) is 10.1 Å². The molecule has 1 aliphatic rings. The predicted molar refractivity (Wildman–Crippen MR) is 108 cm³/mol. The lowest BCUT2D eigenvalue weighted by molar-refractivity contribution is -0.136. The monoisotopic (exact) mass is 385 g/mol. The highest BCUT2D eigenvalue weighted by atomic mass is 16.5. The predicted octanol–water partition coefficient (Wildman–Crippen LogP) is 4.56. The average Bonchev–Trinajstić information content (AvgIpc) is 3.31. The average molecular weight is 385 g/mol. The van der Waals surface area contributed by atoms with E-state index in [1.54, 1.807) is 6.07 Å². The second kappa shape index (κ2) is 7.36. The molecule has 1 aromatic heterocycles. The molecule has 0 saturated heterocycles. The standard InChI is InChI=1S/C23H19N3O3/c1-13-7-16-10-17(11-18(12-24)20(16)8-13)23-25-22(26-29-23)19-5-3-15(9-14(19)2)4-6-21(27)28/h3,5,7,9-11H,4,6,8H2,1-2H3,(H,27,28). The van der Waals surface area contributed by atoms with Gasteiger partial charge in [0.25, 0.3) is 5.89 Å². The Balaban J connectivity index is 1.65. The molecule has 1 heterocycles. The summed E-state index contributed by atoms with van der Waals surface area (Å²) in [5.41, 5.74) is 7.37. The van der Waals surface area contributed by atoms with Crippen LogP contribution in [0, 0.1) is 18.3 Å². The normalized spacial score (nSPS) is 12.4. The second-order valence-corrected chi connectivity index (χ2v) is 7.34. The zero-order chi connectivity index (χ0) is 20.5. The van der Waals surface area contributed by atoms with Crippen LogP contribution in [0.2, 0.25) is 0 Å². The molecule has 0 amide bonds. The van der Waals surface area contributed by atoms with Crippen LogP contribution in [0.4, 0.5) is 0 Å². The van der Waals surface area contributed by atoms with E-state index in [2.05, 4.69) is 29.2 Å². The van der Waals surface area contributed by atoms with E-state index in [9.17, 15) is 10.1 Å². The summed E-state index contributed by atoms with van der Waals surface area (Å²) in [7, 11) is 0. The van der Waals surface area contributed by atoms with Gasteiger partial charge in [-0.2, -0.15) is 10.2 Å². The lowest BCUT2D eigenvalue weighted by atomic mass is 9.99. The Bertz CT molecular complexity index is 1200. The maximum atomic E-state index is 10.8. The molecule has 1 N–H and O–H groups in total. The number of aliphatic carboxylic acids is 1. The van der Waals surface area contributed by atoms with Crippen LogP contribution in [0.3, 0.4) is 0 Å². The van der Waals surface area contributed by atoms with Crippen molar-refractivity contribution in [3.8, 4) is 28.9 Å². The van der Waals surface area contributed by atoms with Gasteiger partial charge in [-0.25, -0.2) is 0 Å². The molecule has 0 aliphatic heterocycles. The topological polar surface area (TPSA) is 100 Å². The van der Waals surface area contributed by atoms with Crippen molar-refractivity contribution in [3.05, 3.63) is 63.7 Å². The highest BCUT2D eigenvalue weighted by Crippen LogP contribution is 2.33. The van der Waals surface area contributed by atoms with Crippen LogP contribution in [-0.2, 0) is 17.6 Å². The summed E-state index contributed by atoms with van der Waals surface area (Å²) in [5, 5.41) is 22.5. The largest absolute Gasteiger partial charge is 0.481 e. The van der Waals surface area contributed by atoms with Gasteiger partial charge >= 0.3 is 5.97 Å². The fourth-order valence-electron chi connectivity index (χ4n) is 3.67. The van der Waals surface area contributed by atoms with Gasteiger partial charge in [0.1, 0.15) is 0 Å². The van der Waals surface area contributed by atoms with E-state index in [1.165, 1.54) is 5.57 Å². The number of carboxylic acids is 1. The van der Waals surface area contributed by atoms with E-state index < -0.39 is 5.97 Å². The molecule has 0 atom stereocenters. The van der Waals surface area contributed by atoms with Gasteiger partial charge in [-0.15, -0.1) is 0 Å². The number of carbonyl (C=O) groups is 1. The van der Waals surface area contributed by atoms with Crippen molar-refractivity contribution in [2.75, 3.05) is 0 Å². The van der Waals surface area contributed by atoms with Crippen molar-refractivity contribution in [3.63, 3.8) is 0 Å². The molecule has 0 unspecified atom stereocenters. The van der Waals surface area contributed by atoms with Gasteiger partial charge in [-0.05, 0) is 61.1 Å². The highest BCUT2D eigenvalue weighted by Gasteiger charge is 2.19. The molecule has 0 radical (unpaired) electrons. The Hall–Kier alpha value is -3.72. The summed E-state index contributed by atoms with van der Waals surface area (Å²) in [6, 6.07) is 11.8. The molecule has 29 heavy (non-hydrogen) atoms.